The molecule has 1 fully saturated rings. The van der Waals surface area contributed by atoms with Gasteiger partial charge < -0.3 is 14.8 Å². The van der Waals surface area contributed by atoms with Crippen LogP contribution in [0.15, 0.2) is 18.3 Å². The first-order chi connectivity index (χ1) is 12.1. The molecule has 140 valence electrons. The summed E-state index contributed by atoms with van der Waals surface area (Å²) in [6.45, 7) is 7.31. The lowest BCUT2D eigenvalue weighted by atomic mass is 9.90. The van der Waals surface area contributed by atoms with Gasteiger partial charge in [-0.3, -0.25) is 4.79 Å². The van der Waals surface area contributed by atoms with Gasteiger partial charge in [-0.15, -0.1) is 0 Å². The summed E-state index contributed by atoms with van der Waals surface area (Å²) >= 11 is 0. The van der Waals surface area contributed by atoms with E-state index in [1.807, 2.05) is 12.1 Å². The van der Waals surface area contributed by atoms with E-state index in [0.29, 0.717) is 36.6 Å². The fraction of sp³-hybridized carbons (Fsp3) is 0.700. The zero-order valence-corrected chi connectivity index (χ0v) is 15.8. The summed E-state index contributed by atoms with van der Waals surface area (Å²) in [6.07, 6.45) is 8.45. The van der Waals surface area contributed by atoms with E-state index in [4.69, 9.17) is 9.47 Å². The molecular weight excluding hydrogens is 316 g/mol. The summed E-state index contributed by atoms with van der Waals surface area (Å²) in [5, 5.41) is 2.84. The maximum atomic E-state index is 12.3. The van der Waals surface area contributed by atoms with Crippen LogP contribution < -0.4 is 10.1 Å². The summed E-state index contributed by atoms with van der Waals surface area (Å²) in [5.74, 6) is 2.09. The van der Waals surface area contributed by atoms with Crippen molar-refractivity contribution in [1.82, 2.24) is 4.98 Å². The van der Waals surface area contributed by atoms with Crippen molar-refractivity contribution >= 4 is 11.7 Å². The second-order valence-electron chi connectivity index (χ2n) is 7.35. The van der Waals surface area contributed by atoms with Crippen molar-refractivity contribution in [3.8, 4) is 5.75 Å². The monoisotopic (exact) mass is 348 g/mol. The fourth-order valence-electron chi connectivity index (χ4n) is 2.94. The molecule has 1 aromatic rings. The third-order valence-corrected chi connectivity index (χ3v) is 4.64. The number of hydrogen-bond donors (Lipinski definition) is 1. The topological polar surface area (TPSA) is 60.5 Å². The van der Waals surface area contributed by atoms with Gasteiger partial charge in [0.1, 0.15) is 6.10 Å². The van der Waals surface area contributed by atoms with Gasteiger partial charge in [-0.2, -0.15) is 0 Å². The van der Waals surface area contributed by atoms with E-state index >= 15 is 0 Å². The Morgan fingerprint density at radius 2 is 2.04 bits per heavy atom. The number of carbonyl (C=O) groups is 1. The van der Waals surface area contributed by atoms with Crippen LogP contribution in [0.4, 0.5) is 5.82 Å². The van der Waals surface area contributed by atoms with Crippen molar-refractivity contribution in [2.45, 2.75) is 65.4 Å². The van der Waals surface area contributed by atoms with Gasteiger partial charge in [0, 0.05) is 12.8 Å². The molecule has 1 saturated carbocycles. The Morgan fingerprint density at radius 1 is 1.28 bits per heavy atom. The minimum atomic E-state index is -0.507. The molecule has 0 aromatic carbocycles. The Labute approximate surface area is 151 Å². The molecule has 5 heteroatoms. The highest BCUT2D eigenvalue weighted by Crippen LogP contribution is 2.27. The van der Waals surface area contributed by atoms with Crippen LogP contribution in [-0.2, 0) is 9.53 Å². The number of carbonyl (C=O) groups excluding carboxylic acids is 1. The van der Waals surface area contributed by atoms with Gasteiger partial charge in [-0.1, -0.05) is 33.1 Å². The Bertz CT molecular complexity index is 527. The average molecular weight is 348 g/mol. The van der Waals surface area contributed by atoms with Crippen molar-refractivity contribution in [3.63, 3.8) is 0 Å². The minimum Gasteiger partial charge on any atom is -0.489 e. The second-order valence-corrected chi connectivity index (χ2v) is 7.35. The zero-order valence-electron chi connectivity index (χ0n) is 15.8. The molecule has 0 bridgehead atoms. The van der Waals surface area contributed by atoms with Crippen LogP contribution in [0.5, 0.6) is 5.75 Å². The molecule has 1 atom stereocenters. The van der Waals surface area contributed by atoms with Gasteiger partial charge in [0.15, 0.2) is 11.6 Å². The molecule has 1 aliphatic carbocycles. The molecule has 1 aliphatic rings. The maximum Gasteiger partial charge on any atom is 0.254 e. The number of aromatic nitrogens is 1. The smallest absolute Gasteiger partial charge is 0.254 e. The molecule has 0 aliphatic heterocycles. The number of rotatable bonds is 9. The molecular formula is C20H32N2O3. The molecule has 0 saturated heterocycles. The standard InChI is InChI=1S/C20H32N2O3/c1-15(2)11-13-24-16(3)20(23)22-19-18(10-7-12-21-19)25-14-17-8-5-4-6-9-17/h7,10,12,15-17H,4-6,8-9,11,13-14H2,1-3H3,(H,21,22,23). The van der Waals surface area contributed by atoms with Gasteiger partial charge in [0.2, 0.25) is 0 Å². The maximum absolute atomic E-state index is 12.3. The summed E-state index contributed by atoms with van der Waals surface area (Å²) in [6, 6.07) is 3.68. The molecule has 0 spiro atoms. The highest BCUT2D eigenvalue weighted by molar-refractivity contribution is 5.94. The quantitative estimate of drug-likeness (QED) is 0.717. The van der Waals surface area contributed by atoms with E-state index in [1.54, 1.807) is 13.1 Å². The molecule has 1 amide bonds. The second kappa shape index (κ2) is 10.4. The van der Waals surface area contributed by atoms with Crippen LogP contribution in [0, 0.1) is 11.8 Å². The van der Waals surface area contributed by atoms with E-state index in [9.17, 15) is 4.79 Å². The first kappa shape index (κ1) is 19.7. The first-order valence-corrected chi connectivity index (χ1v) is 9.56. The number of ether oxygens (including phenoxy) is 2. The van der Waals surface area contributed by atoms with Gasteiger partial charge >= 0.3 is 0 Å². The Hall–Kier alpha value is -1.62. The Balaban J connectivity index is 1.85. The lowest BCUT2D eigenvalue weighted by molar-refractivity contribution is -0.126. The molecule has 1 heterocycles. The van der Waals surface area contributed by atoms with Crippen LogP contribution in [0.3, 0.4) is 0 Å². The van der Waals surface area contributed by atoms with Gasteiger partial charge in [0.25, 0.3) is 5.91 Å². The van der Waals surface area contributed by atoms with E-state index in [2.05, 4.69) is 24.1 Å². The number of pyridine rings is 1. The molecule has 25 heavy (non-hydrogen) atoms. The van der Waals surface area contributed by atoms with Gasteiger partial charge in [0.05, 0.1) is 6.61 Å². The minimum absolute atomic E-state index is 0.190. The van der Waals surface area contributed by atoms with E-state index in [1.165, 1.54) is 32.1 Å². The number of nitrogens with one attached hydrogen (secondary N) is 1. The van der Waals surface area contributed by atoms with Crippen LogP contribution in [0.2, 0.25) is 0 Å². The number of nitrogens with zero attached hydrogens (tertiary/aromatic N) is 1. The van der Waals surface area contributed by atoms with Crippen LogP contribution in [0.25, 0.3) is 0 Å². The molecule has 1 N–H and O–H groups in total. The Morgan fingerprint density at radius 3 is 2.76 bits per heavy atom. The first-order valence-electron chi connectivity index (χ1n) is 9.56. The largest absolute Gasteiger partial charge is 0.489 e. The summed E-state index contributed by atoms with van der Waals surface area (Å²) in [7, 11) is 0. The van der Waals surface area contributed by atoms with Crippen molar-refractivity contribution in [2.75, 3.05) is 18.5 Å². The SMILES string of the molecule is CC(C)CCOC(C)C(=O)Nc1ncccc1OCC1CCCCC1. The fourth-order valence-corrected chi connectivity index (χ4v) is 2.94. The number of hydrogen-bond acceptors (Lipinski definition) is 4. The normalized spacial score (nSPS) is 16.6. The van der Waals surface area contributed by atoms with Crippen LogP contribution in [0.1, 0.15) is 59.3 Å². The van der Waals surface area contributed by atoms with Crippen molar-refractivity contribution < 1.29 is 14.3 Å². The van der Waals surface area contributed by atoms with Crippen molar-refractivity contribution in [1.29, 1.82) is 0 Å². The summed E-state index contributed by atoms with van der Waals surface area (Å²) < 4.78 is 11.6. The summed E-state index contributed by atoms with van der Waals surface area (Å²) in [5.41, 5.74) is 0. The average Bonchev–Trinajstić information content (AvgIpc) is 2.61. The van der Waals surface area contributed by atoms with Gasteiger partial charge in [-0.05, 0) is 50.2 Å². The lowest BCUT2D eigenvalue weighted by Gasteiger charge is -2.22. The lowest BCUT2D eigenvalue weighted by Crippen LogP contribution is -2.29. The van der Waals surface area contributed by atoms with Gasteiger partial charge in [-0.25, -0.2) is 4.98 Å². The predicted octanol–water partition coefficient (Wildman–Crippen LogP) is 4.43. The third kappa shape index (κ3) is 7.02. The van der Waals surface area contributed by atoms with Crippen LogP contribution >= 0.6 is 0 Å². The van der Waals surface area contributed by atoms with Crippen molar-refractivity contribution in [2.24, 2.45) is 11.8 Å². The third-order valence-electron chi connectivity index (χ3n) is 4.64. The summed E-state index contributed by atoms with van der Waals surface area (Å²) in [4.78, 5) is 16.6. The molecule has 2 rings (SSSR count). The van der Waals surface area contributed by atoms with Crippen LogP contribution in [-0.4, -0.2) is 30.2 Å². The van der Waals surface area contributed by atoms with E-state index in [-0.39, 0.29) is 5.91 Å². The predicted molar refractivity (Wildman–Crippen MR) is 99.8 cm³/mol. The molecule has 1 aromatic heterocycles. The Kier molecular flexibility index (Phi) is 8.19. The molecule has 5 nitrogen and oxygen atoms in total. The molecule has 0 radical (unpaired) electrons. The van der Waals surface area contributed by atoms with E-state index in [0.717, 1.165) is 6.42 Å². The van der Waals surface area contributed by atoms with E-state index < -0.39 is 6.10 Å². The number of amides is 1. The number of anilines is 1. The molecule has 1 unspecified atom stereocenters. The van der Waals surface area contributed by atoms with Crippen molar-refractivity contribution in [3.05, 3.63) is 18.3 Å². The highest BCUT2D eigenvalue weighted by Gasteiger charge is 2.18. The highest BCUT2D eigenvalue weighted by atomic mass is 16.5. The zero-order chi connectivity index (χ0) is 18.1.